The van der Waals surface area contributed by atoms with Crippen LogP contribution >= 0.6 is 0 Å². The molecule has 0 unspecified atom stereocenters. The fourth-order valence-corrected chi connectivity index (χ4v) is 5.26. The van der Waals surface area contributed by atoms with Crippen LogP contribution in [0.4, 0.5) is 0 Å². The summed E-state index contributed by atoms with van der Waals surface area (Å²) in [5.74, 6) is 1.81. The number of aliphatic hydroxyl groups excluding tert-OH is 2. The smallest absolute Gasteiger partial charge is 0.222 e. The van der Waals surface area contributed by atoms with Crippen LogP contribution in [0.2, 0.25) is 0 Å². The van der Waals surface area contributed by atoms with Gasteiger partial charge in [0.15, 0.2) is 0 Å². The molecule has 1 amide bonds. The second kappa shape index (κ2) is 8.71. The van der Waals surface area contributed by atoms with E-state index in [1.54, 1.807) is 19.0 Å². The van der Waals surface area contributed by atoms with E-state index < -0.39 is 0 Å². The minimum atomic E-state index is -0.350. The summed E-state index contributed by atoms with van der Waals surface area (Å²) < 4.78 is 0. The Hall–Kier alpha value is -1.13. The molecule has 0 saturated heterocycles. The Morgan fingerprint density at radius 3 is 2.69 bits per heavy atom. The number of fused-ring (bicyclic) bond motifs is 1. The number of rotatable bonds is 6. The van der Waals surface area contributed by atoms with E-state index >= 15 is 0 Å². The molecule has 3 aliphatic rings. The summed E-state index contributed by atoms with van der Waals surface area (Å²) in [5.41, 5.74) is 1.45. The topological polar surface area (TPSA) is 60.8 Å². The van der Waals surface area contributed by atoms with Gasteiger partial charge in [-0.1, -0.05) is 36.6 Å². The highest BCUT2D eigenvalue weighted by Gasteiger charge is 2.45. The largest absolute Gasteiger partial charge is 0.392 e. The van der Waals surface area contributed by atoms with E-state index in [4.69, 9.17) is 0 Å². The molecule has 0 spiro atoms. The Labute approximate surface area is 158 Å². The highest BCUT2D eigenvalue weighted by Crippen LogP contribution is 2.50. The van der Waals surface area contributed by atoms with Crippen LogP contribution in [0.5, 0.6) is 0 Å². The minimum Gasteiger partial charge on any atom is -0.392 e. The molecule has 0 heterocycles. The van der Waals surface area contributed by atoms with Crippen molar-refractivity contribution in [1.29, 1.82) is 0 Å². The van der Waals surface area contributed by atoms with Crippen LogP contribution in [0.3, 0.4) is 0 Å². The van der Waals surface area contributed by atoms with Gasteiger partial charge >= 0.3 is 0 Å². The third kappa shape index (κ3) is 4.58. The van der Waals surface area contributed by atoms with Crippen molar-refractivity contribution in [2.75, 3.05) is 14.1 Å². The summed E-state index contributed by atoms with van der Waals surface area (Å²) in [5, 5.41) is 20.9. The first-order chi connectivity index (χ1) is 12.5. The zero-order valence-corrected chi connectivity index (χ0v) is 16.3. The molecular formula is C22H35NO3. The third-order valence-corrected chi connectivity index (χ3v) is 6.81. The molecule has 2 N–H and O–H groups in total. The molecule has 4 nitrogen and oxygen atoms in total. The van der Waals surface area contributed by atoms with Crippen LogP contribution < -0.4 is 0 Å². The number of aliphatic hydroxyl groups is 2. The van der Waals surface area contributed by atoms with Gasteiger partial charge in [0.05, 0.1) is 12.2 Å². The van der Waals surface area contributed by atoms with Crippen LogP contribution in [-0.4, -0.2) is 47.3 Å². The fourth-order valence-electron chi connectivity index (χ4n) is 5.26. The second-order valence-electron chi connectivity index (χ2n) is 8.82. The van der Waals surface area contributed by atoms with E-state index in [9.17, 15) is 15.0 Å². The van der Waals surface area contributed by atoms with Gasteiger partial charge in [-0.2, -0.15) is 0 Å². The zero-order chi connectivity index (χ0) is 18.7. The highest BCUT2D eigenvalue weighted by molar-refractivity contribution is 5.75. The molecule has 0 aromatic rings. The first kappa shape index (κ1) is 19.6. The average molecular weight is 362 g/mol. The molecule has 3 rings (SSSR count). The number of nitrogens with zero attached hydrogens (tertiary/aromatic N) is 1. The van der Waals surface area contributed by atoms with Crippen LogP contribution in [0.15, 0.2) is 23.8 Å². The number of allylic oxidation sites excluding steroid dienone is 2. The minimum absolute atomic E-state index is 0.172. The number of carbonyl (C=O) groups excluding carboxylic acids is 1. The van der Waals surface area contributed by atoms with Gasteiger partial charge in [-0.3, -0.25) is 4.79 Å². The van der Waals surface area contributed by atoms with Crippen LogP contribution in [0.25, 0.3) is 0 Å². The van der Waals surface area contributed by atoms with Crippen molar-refractivity contribution < 1.29 is 15.0 Å². The van der Waals surface area contributed by atoms with E-state index in [1.807, 2.05) is 6.08 Å². The summed E-state index contributed by atoms with van der Waals surface area (Å²) in [6, 6.07) is 0. The Morgan fingerprint density at radius 2 is 2.00 bits per heavy atom. The van der Waals surface area contributed by atoms with Crippen molar-refractivity contribution in [3.63, 3.8) is 0 Å². The number of amides is 1. The molecule has 3 fully saturated rings. The third-order valence-electron chi connectivity index (χ3n) is 6.81. The van der Waals surface area contributed by atoms with Crippen molar-refractivity contribution in [3.05, 3.63) is 23.8 Å². The lowest BCUT2D eigenvalue weighted by molar-refractivity contribution is -0.128. The fraction of sp³-hybridized carbons (Fsp3) is 0.773. The number of hydrogen-bond donors (Lipinski definition) is 2. The number of carbonyl (C=O) groups is 1. The first-order valence-corrected chi connectivity index (χ1v) is 10.4. The lowest BCUT2D eigenvalue weighted by Crippen LogP contribution is -2.20. The first-order valence-electron chi connectivity index (χ1n) is 10.4. The van der Waals surface area contributed by atoms with Gasteiger partial charge in [0, 0.05) is 26.4 Å². The molecule has 3 aliphatic carbocycles. The molecule has 5 atom stereocenters. The SMILES string of the molecule is CN(C)C(=O)CCC=C1C[C@H]2C[C@@H](O)[C@H](C=C[C@@H](O)C3CCCC3)[C@H]2C1. The molecular weight excluding hydrogens is 326 g/mol. The molecule has 0 aliphatic heterocycles. The normalized spacial score (nSPS) is 34.7. The molecule has 146 valence electrons. The summed E-state index contributed by atoms with van der Waals surface area (Å²) in [7, 11) is 3.60. The maximum Gasteiger partial charge on any atom is 0.222 e. The van der Waals surface area contributed by atoms with E-state index in [1.165, 1.54) is 18.4 Å². The van der Waals surface area contributed by atoms with Gasteiger partial charge in [-0.25, -0.2) is 0 Å². The molecule has 26 heavy (non-hydrogen) atoms. The van der Waals surface area contributed by atoms with Gasteiger partial charge in [0.2, 0.25) is 5.91 Å². The van der Waals surface area contributed by atoms with Crippen molar-refractivity contribution in [3.8, 4) is 0 Å². The van der Waals surface area contributed by atoms with Gasteiger partial charge in [-0.15, -0.1) is 0 Å². The van der Waals surface area contributed by atoms with Crippen LogP contribution in [0.1, 0.15) is 57.8 Å². The monoisotopic (exact) mass is 361 g/mol. The Balaban J connectivity index is 1.54. The summed E-state index contributed by atoms with van der Waals surface area (Å²) in [4.78, 5) is 13.3. The Kier molecular flexibility index (Phi) is 6.57. The predicted octanol–water partition coefficient (Wildman–Crippen LogP) is 3.30. The standard InChI is InChI=1S/C22H35NO3/c1-23(2)22(26)9-5-6-15-12-17-14-21(25)18(19(17)13-15)10-11-20(24)16-7-3-4-8-16/h6,10-11,16-21,24-25H,3-5,7-9,12-14H2,1-2H3/t17-,18+,19-,20+,21+/m0/s1. The van der Waals surface area contributed by atoms with Crippen molar-refractivity contribution in [2.45, 2.75) is 70.0 Å². The van der Waals surface area contributed by atoms with Gasteiger partial charge in [-0.05, 0) is 56.3 Å². The van der Waals surface area contributed by atoms with E-state index in [0.29, 0.717) is 24.2 Å². The zero-order valence-electron chi connectivity index (χ0n) is 16.3. The molecule has 4 heteroatoms. The van der Waals surface area contributed by atoms with E-state index in [0.717, 1.165) is 38.5 Å². The van der Waals surface area contributed by atoms with Crippen LogP contribution in [0, 0.1) is 23.7 Å². The van der Waals surface area contributed by atoms with Crippen molar-refractivity contribution >= 4 is 5.91 Å². The summed E-state index contributed by atoms with van der Waals surface area (Å²) >= 11 is 0. The molecule has 0 bridgehead atoms. The molecule has 0 aromatic heterocycles. The highest BCUT2D eigenvalue weighted by atomic mass is 16.3. The van der Waals surface area contributed by atoms with Crippen molar-refractivity contribution in [2.24, 2.45) is 23.7 Å². The molecule has 0 aromatic carbocycles. The lowest BCUT2D eigenvalue weighted by atomic mass is 9.89. The van der Waals surface area contributed by atoms with Gasteiger partial charge in [0.1, 0.15) is 0 Å². The lowest BCUT2D eigenvalue weighted by Gasteiger charge is -2.19. The van der Waals surface area contributed by atoms with E-state index in [-0.39, 0.29) is 24.0 Å². The molecule has 3 saturated carbocycles. The second-order valence-corrected chi connectivity index (χ2v) is 8.82. The quantitative estimate of drug-likeness (QED) is 0.714. The molecule has 0 radical (unpaired) electrons. The predicted molar refractivity (Wildman–Crippen MR) is 103 cm³/mol. The average Bonchev–Trinajstić information content (AvgIpc) is 3.29. The summed E-state index contributed by atoms with van der Waals surface area (Å²) in [6.07, 6.45) is 14.8. The van der Waals surface area contributed by atoms with Gasteiger partial charge < -0.3 is 15.1 Å². The van der Waals surface area contributed by atoms with Crippen molar-refractivity contribution in [1.82, 2.24) is 4.90 Å². The van der Waals surface area contributed by atoms with Crippen LogP contribution in [-0.2, 0) is 4.79 Å². The maximum absolute atomic E-state index is 11.7. The summed E-state index contributed by atoms with van der Waals surface area (Å²) in [6.45, 7) is 0. The van der Waals surface area contributed by atoms with E-state index in [2.05, 4.69) is 12.2 Å². The Morgan fingerprint density at radius 1 is 1.27 bits per heavy atom. The maximum atomic E-state index is 11.7. The number of hydrogen-bond acceptors (Lipinski definition) is 3. The van der Waals surface area contributed by atoms with Gasteiger partial charge in [0.25, 0.3) is 0 Å². The Bertz CT molecular complexity index is 548.